The van der Waals surface area contributed by atoms with Gasteiger partial charge >= 0.3 is 0 Å². The second-order valence-corrected chi connectivity index (χ2v) is 17.5. The van der Waals surface area contributed by atoms with Gasteiger partial charge in [0.1, 0.15) is 22.7 Å². The van der Waals surface area contributed by atoms with Crippen LogP contribution in [0.15, 0.2) is 241 Å². The van der Waals surface area contributed by atoms with Crippen molar-refractivity contribution in [3.63, 3.8) is 0 Å². The molecule has 3 nitrogen and oxygen atoms in total. The normalized spacial score (nSPS) is 14.2. The van der Waals surface area contributed by atoms with E-state index < -0.39 is 10.8 Å². The Morgan fingerprint density at radius 3 is 1.51 bits per heavy atom. The quantitative estimate of drug-likeness (QED) is 0.173. The maximum atomic E-state index is 6.90. The van der Waals surface area contributed by atoms with Gasteiger partial charge in [-0.25, -0.2) is 0 Å². The van der Waals surface area contributed by atoms with Crippen molar-refractivity contribution in [3.05, 3.63) is 281 Å². The van der Waals surface area contributed by atoms with Gasteiger partial charge in [0, 0.05) is 39.5 Å². The van der Waals surface area contributed by atoms with Gasteiger partial charge in [0.15, 0.2) is 0 Å². The van der Waals surface area contributed by atoms with Crippen LogP contribution in [0.5, 0.6) is 11.5 Å². The Bertz CT molecular complexity index is 3640. The van der Waals surface area contributed by atoms with Gasteiger partial charge in [0.25, 0.3) is 0 Å². The molecule has 3 heteroatoms. The molecule has 0 amide bonds. The molecular formula is C62H39NO2. The second-order valence-electron chi connectivity index (χ2n) is 17.5. The number of hydrogen-bond donors (Lipinski definition) is 0. The zero-order valence-electron chi connectivity index (χ0n) is 35.3. The van der Waals surface area contributed by atoms with Crippen molar-refractivity contribution in [1.29, 1.82) is 0 Å². The predicted molar refractivity (Wildman–Crippen MR) is 263 cm³/mol. The van der Waals surface area contributed by atoms with E-state index in [-0.39, 0.29) is 0 Å². The number of nitrogens with zero attached hydrogens (tertiary/aromatic N) is 1. The van der Waals surface area contributed by atoms with Crippen LogP contribution in [-0.4, -0.2) is 0 Å². The first-order valence-electron chi connectivity index (χ1n) is 22.4. The van der Waals surface area contributed by atoms with Crippen molar-refractivity contribution in [3.8, 4) is 33.8 Å². The van der Waals surface area contributed by atoms with E-state index in [1.54, 1.807) is 0 Å². The van der Waals surface area contributed by atoms with Crippen molar-refractivity contribution >= 4 is 39.0 Å². The number of anilines is 3. The molecule has 2 heterocycles. The van der Waals surface area contributed by atoms with E-state index in [1.165, 1.54) is 61.2 Å². The number of rotatable bonds is 5. The lowest BCUT2D eigenvalue weighted by molar-refractivity contribution is 0.478. The van der Waals surface area contributed by atoms with Gasteiger partial charge in [-0.05, 0) is 122 Å². The van der Waals surface area contributed by atoms with Crippen LogP contribution in [0.3, 0.4) is 0 Å². The fraction of sp³-hybridized carbons (Fsp3) is 0.0323. The molecule has 0 saturated carbocycles. The summed E-state index contributed by atoms with van der Waals surface area (Å²) in [7, 11) is 0. The van der Waals surface area contributed by atoms with Crippen molar-refractivity contribution in [1.82, 2.24) is 0 Å². The Labute approximate surface area is 377 Å². The van der Waals surface area contributed by atoms with Crippen LogP contribution in [0.2, 0.25) is 0 Å². The third kappa shape index (κ3) is 4.90. The highest BCUT2D eigenvalue weighted by Crippen LogP contribution is 2.61. The number of ether oxygens (including phenoxy) is 1. The van der Waals surface area contributed by atoms with Crippen molar-refractivity contribution < 1.29 is 9.15 Å². The average Bonchev–Trinajstić information content (AvgIpc) is 3.98. The molecule has 0 saturated heterocycles. The van der Waals surface area contributed by atoms with Crippen LogP contribution in [0.25, 0.3) is 44.2 Å². The van der Waals surface area contributed by atoms with E-state index >= 15 is 0 Å². The van der Waals surface area contributed by atoms with Crippen LogP contribution < -0.4 is 9.64 Å². The molecule has 3 aliphatic rings. The Kier molecular flexibility index (Phi) is 7.53. The first-order chi connectivity index (χ1) is 32.2. The molecule has 1 aromatic heterocycles. The summed E-state index contributed by atoms with van der Waals surface area (Å²) in [4.78, 5) is 2.41. The van der Waals surface area contributed by atoms with Gasteiger partial charge in [-0.3, -0.25) is 0 Å². The average molecular weight is 830 g/mol. The molecule has 1 spiro atoms. The van der Waals surface area contributed by atoms with E-state index in [1.807, 2.05) is 6.07 Å². The Balaban J connectivity index is 1.05. The summed E-state index contributed by atoms with van der Waals surface area (Å²) < 4.78 is 13.5. The minimum atomic E-state index is -0.629. The monoisotopic (exact) mass is 829 g/mol. The Morgan fingerprint density at radius 1 is 0.308 bits per heavy atom. The van der Waals surface area contributed by atoms with Gasteiger partial charge in [-0.1, -0.05) is 170 Å². The smallest absolute Gasteiger partial charge is 0.137 e. The zero-order valence-corrected chi connectivity index (χ0v) is 35.3. The van der Waals surface area contributed by atoms with Crippen molar-refractivity contribution in [2.45, 2.75) is 10.8 Å². The predicted octanol–water partition coefficient (Wildman–Crippen LogP) is 15.9. The molecule has 1 aliphatic heterocycles. The molecule has 2 aliphatic carbocycles. The fourth-order valence-electron chi connectivity index (χ4n) is 11.8. The largest absolute Gasteiger partial charge is 0.457 e. The van der Waals surface area contributed by atoms with E-state index in [0.29, 0.717) is 0 Å². The lowest BCUT2D eigenvalue weighted by Gasteiger charge is -2.36. The summed E-state index contributed by atoms with van der Waals surface area (Å²) in [6.45, 7) is 0. The van der Waals surface area contributed by atoms with Crippen LogP contribution >= 0.6 is 0 Å². The second kappa shape index (κ2) is 13.6. The molecule has 0 unspecified atom stereocenters. The standard InChI is InChI=1S/C62H39NO2/c1-2-16-40(17-3-1)61(53-27-9-4-22-47(53)48-23-5-10-28-54(48)61)41-18-14-20-43(36-41)63(45-32-34-52-51-26-8-13-31-58(51)65-60(52)39-45)44-33-35-59-57(38-44)62(42-19-15-21-46(37-42)64-59)55-29-11-6-24-49(55)50-25-7-12-30-56(50)62/h1-39H. The Hall–Kier alpha value is -8.40. The summed E-state index contributed by atoms with van der Waals surface area (Å²) in [5.41, 5.74) is 18.4. The summed E-state index contributed by atoms with van der Waals surface area (Å²) in [5.74, 6) is 1.67. The molecule has 14 rings (SSSR count). The van der Waals surface area contributed by atoms with Crippen LogP contribution in [0.4, 0.5) is 17.1 Å². The molecule has 0 N–H and O–H groups in total. The van der Waals surface area contributed by atoms with E-state index in [4.69, 9.17) is 9.15 Å². The van der Waals surface area contributed by atoms with Gasteiger partial charge in [0.05, 0.1) is 10.8 Å². The number of para-hydroxylation sites is 1. The number of fused-ring (bicyclic) bond motifs is 16. The van der Waals surface area contributed by atoms with Crippen LogP contribution in [0, 0.1) is 0 Å². The van der Waals surface area contributed by atoms with Crippen LogP contribution in [-0.2, 0) is 10.8 Å². The van der Waals surface area contributed by atoms with E-state index in [0.717, 1.165) is 56.1 Å². The highest BCUT2D eigenvalue weighted by molar-refractivity contribution is 6.06. The molecule has 0 atom stereocenters. The minimum Gasteiger partial charge on any atom is -0.457 e. The lowest BCUT2D eigenvalue weighted by atomic mass is 9.67. The SMILES string of the molecule is c1ccc(C2(c3cccc(N(c4ccc5c(c4)C4(c6cccc(c6)O5)c5ccccc5-c5ccccc54)c4ccc5c(c4)oc4ccccc45)c3)c3ccccc3-c3ccccc32)cc1. The van der Waals surface area contributed by atoms with E-state index in [2.05, 4.69) is 235 Å². The molecule has 65 heavy (non-hydrogen) atoms. The molecule has 0 fully saturated rings. The zero-order chi connectivity index (χ0) is 42.7. The Morgan fingerprint density at radius 2 is 0.815 bits per heavy atom. The third-order valence-electron chi connectivity index (χ3n) is 14.4. The molecule has 2 bridgehead atoms. The van der Waals surface area contributed by atoms with E-state index in [9.17, 15) is 0 Å². The first kappa shape index (κ1) is 36.1. The van der Waals surface area contributed by atoms with Crippen LogP contribution in [0.1, 0.15) is 44.5 Å². The highest BCUT2D eigenvalue weighted by Gasteiger charge is 2.49. The summed E-state index contributed by atoms with van der Waals surface area (Å²) in [6, 6.07) is 86.4. The number of furan rings is 1. The highest BCUT2D eigenvalue weighted by atomic mass is 16.5. The number of benzene rings is 10. The topological polar surface area (TPSA) is 25.6 Å². The lowest BCUT2D eigenvalue weighted by Crippen LogP contribution is -2.29. The van der Waals surface area contributed by atoms with Gasteiger partial charge < -0.3 is 14.1 Å². The minimum absolute atomic E-state index is 0.564. The van der Waals surface area contributed by atoms with Crippen molar-refractivity contribution in [2.75, 3.05) is 4.90 Å². The third-order valence-corrected chi connectivity index (χ3v) is 14.4. The molecule has 304 valence electrons. The fourth-order valence-corrected chi connectivity index (χ4v) is 11.8. The van der Waals surface area contributed by atoms with Gasteiger partial charge in [-0.2, -0.15) is 0 Å². The first-order valence-corrected chi connectivity index (χ1v) is 22.4. The van der Waals surface area contributed by atoms with Gasteiger partial charge in [-0.15, -0.1) is 0 Å². The summed E-state index contributed by atoms with van der Waals surface area (Å²) in [5, 5.41) is 2.20. The molecular weight excluding hydrogens is 791 g/mol. The van der Waals surface area contributed by atoms with Crippen molar-refractivity contribution in [2.24, 2.45) is 0 Å². The molecule has 10 aromatic carbocycles. The molecule has 11 aromatic rings. The van der Waals surface area contributed by atoms with Gasteiger partial charge in [0.2, 0.25) is 0 Å². The number of hydrogen-bond acceptors (Lipinski definition) is 3. The molecule has 0 radical (unpaired) electrons. The maximum absolute atomic E-state index is 6.90. The summed E-state index contributed by atoms with van der Waals surface area (Å²) in [6.07, 6.45) is 0. The maximum Gasteiger partial charge on any atom is 0.137 e. The summed E-state index contributed by atoms with van der Waals surface area (Å²) >= 11 is 0.